The van der Waals surface area contributed by atoms with Crippen molar-refractivity contribution in [3.05, 3.63) is 35.9 Å². The molecule has 0 saturated carbocycles. The lowest BCUT2D eigenvalue weighted by Crippen LogP contribution is -2.53. The molecule has 1 aromatic rings. The average molecular weight is 437 g/mol. The summed E-state index contributed by atoms with van der Waals surface area (Å²) in [7, 11) is -3.79. The molecule has 0 aromatic heterocycles. The number of hydrogen-bond acceptors (Lipinski definition) is 3. The Kier molecular flexibility index (Phi) is 7.04. The molecule has 1 saturated heterocycles. The second kappa shape index (κ2) is 8.23. The molecule has 0 spiro atoms. The predicted octanol–water partition coefficient (Wildman–Crippen LogP) is 7.32. The summed E-state index contributed by atoms with van der Waals surface area (Å²) in [6.45, 7) is 25.8. The summed E-state index contributed by atoms with van der Waals surface area (Å²) in [5.74, 6) is 0. The van der Waals surface area contributed by atoms with Gasteiger partial charge < -0.3 is 13.6 Å². The summed E-state index contributed by atoms with van der Waals surface area (Å²) in [6, 6.07) is 10.6. The zero-order valence-corrected chi connectivity index (χ0v) is 22.7. The van der Waals surface area contributed by atoms with Crippen molar-refractivity contribution in [1.82, 2.24) is 0 Å². The second-order valence-corrected chi connectivity index (χ2v) is 21.5. The number of hydrogen-bond donors (Lipinski definition) is 0. The quantitative estimate of drug-likeness (QED) is 0.437. The maximum absolute atomic E-state index is 6.93. The van der Waals surface area contributed by atoms with Gasteiger partial charge in [0.25, 0.3) is 0 Å². The molecule has 3 atom stereocenters. The van der Waals surface area contributed by atoms with Gasteiger partial charge in [-0.2, -0.15) is 0 Å². The molecule has 3 nitrogen and oxygen atoms in total. The zero-order valence-electron chi connectivity index (χ0n) is 20.7. The summed E-state index contributed by atoms with van der Waals surface area (Å²) < 4.78 is 20.3. The van der Waals surface area contributed by atoms with Crippen molar-refractivity contribution < 1.29 is 13.6 Å². The molecule has 29 heavy (non-hydrogen) atoms. The fraction of sp³-hybridized carbons (Fsp3) is 0.750. The minimum atomic E-state index is -1.93. The van der Waals surface area contributed by atoms with Gasteiger partial charge in [0.15, 0.2) is 16.6 Å². The summed E-state index contributed by atoms with van der Waals surface area (Å²) in [5.41, 5.74) is 0.790. The first-order chi connectivity index (χ1) is 13.0. The van der Waals surface area contributed by atoms with E-state index in [9.17, 15) is 0 Å². The van der Waals surface area contributed by atoms with Crippen LogP contribution >= 0.6 is 0 Å². The molecule has 0 amide bonds. The van der Waals surface area contributed by atoms with Crippen LogP contribution in [0, 0.1) is 0 Å². The largest absolute Gasteiger partial charge is 0.414 e. The highest BCUT2D eigenvalue weighted by Gasteiger charge is 2.52. The van der Waals surface area contributed by atoms with Crippen molar-refractivity contribution in [2.45, 2.75) is 109 Å². The van der Waals surface area contributed by atoms with Crippen LogP contribution in [0.4, 0.5) is 0 Å². The van der Waals surface area contributed by atoms with E-state index in [2.05, 4.69) is 105 Å². The molecule has 1 heterocycles. The highest BCUT2D eigenvalue weighted by atomic mass is 28.4. The van der Waals surface area contributed by atoms with Gasteiger partial charge in [-0.3, -0.25) is 0 Å². The third-order valence-electron chi connectivity index (χ3n) is 7.46. The highest BCUT2D eigenvalue weighted by molar-refractivity contribution is 6.74. The maximum Gasteiger partial charge on any atom is 0.192 e. The van der Waals surface area contributed by atoms with Gasteiger partial charge in [0.05, 0.1) is 18.8 Å². The molecule has 1 fully saturated rings. The van der Waals surface area contributed by atoms with Crippen LogP contribution in [0.1, 0.15) is 66.6 Å². The molecule has 0 unspecified atom stereocenters. The molecular formula is C24H44O3Si2. The molecular weight excluding hydrogens is 392 g/mol. The van der Waals surface area contributed by atoms with E-state index in [0.29, 0.717) is 6.61 Å². The van der Waals surface area contributed by atoms with Gasteiger partial charge in [-0.05, 0) is 48.8 Å². The van der Waals surface area contributed by atoms with Crippen molar-refractivity contribution in [3.8, 4) is 0 Å². The lowest BCUT2D eigenvalue weighted by Gasteiger charge is -2.44. The molecule has 0 aliphatic carbocycles. The van der Waals surface area contributed by atoms with Crippen LogP contribution in [-0.2, 0) is 13.6 Å². The van der Waals surface area contributed by atoms with Crippen LogP contribution in [0.2, 0.25) is 36.3 Å². The third-order valence-corrected chi connectivity index (χ3v) is 16.4. The van der Waals surface area contributed by atoms with Crippen molar-refractivity contribution in [2.24, 2.45) is 0 Å². The molecule has 1 aromatic carbocycles. The Balaban J connectivity index is 2.28. The highest BCUT2D eigenvalue weighted by Crippen LogP contribution is 2.47. The standard InChI is InChI=1S/C24H44O3Si2/c1-22(2,3)28(8,9)25-18-24(7)21(27-29(10,11)23(4,5)6)17-20(26-24)19-15-13-12-14-16-19/h12-16,20-21H,17-18H2,1-11H3/t20-,21-,24-/m1/s1. The normalized spacial score (nSPS) is 26.7. The SMILES string of the molecule is CC(C)(C)[Si](C)(C)OC[C@@]1(C)O[C@@H](c2ccccc2)C[C@H]1O[Si](C)(C)C(C)(C)C. The summed E-state index contributed by atoms with van der Waals surface area (Å²) in [4.78, 5) is 0. The molecule has 1 aliphatic heterocycles. The van der Waals surface area contributed by atoms with Gasteiger partial charge in [-0.25, -0.2) is 0 Å². The number of ether oxygens (including phenoxy) is 1. The van der Waals surface area contributed by atoms with Crippen LogP contribution in [0.3, 0.4) is 0 Å². The maximum atomic E-state index is 6.93. The third kappa shape index (κ3) is 5.62. The summed E-state index contributed by atoms with van der Waals surface area (Å²) >= 11 is 0. The predicted molar refractivity (Wildman–Crippen MR) is 129 cm³/mol. The van der Waals surface area contributed by atoms with Crippen molar-refractivity contribution in [1.29, 1.82) is 0 Å². The lowest BCUT2D eigenvalue weighted by atomic mass is 9.98. The van der Waals surface area contributed by atoms with E-state index in [1.807, 2.05) is 0 Å². The molecule has 0 bridgehead atoms. The van der Waals surface area contributed by atoms with E-state index in [4.69, 9.17) is 13.6 Å². The Hall–Kier alpha value is -0.466. The topological polar surface area (TPSA) is 27.7 Å². The van der Waals surface area contributed by atoms with E-state index in [1.54, 1.807) is 0 Å². The molecule has 166 valence electrons. The zero-order chi connectivity index (χ0) is 22.3. The van der Waals surface area contributed by atoms with E-state index < -0.39 is 22.2 Å². The van der Waals surface area contributed by atoms with Gasteiger partial charge in [-0.1, -0.05) is 71.9 Å². The van der Waals surface area contributed by atoms with Gasteiger partial charge in [0.1, 0.15) is 5.60 Å². The minimum Gasteiger partial charge on any atom is -0.414 e. The van der Waals surface area contributed by atoms with Crippen LogP contribution in [0.15, 0.2) is 30.3 Å². The van der Waals surface area contributed by atoms with Gasteiger partial charge in [-0.15, -0.1) is 0 Å². The van der Waals surface area contributed by atoms with Crippen molar-refractivity contribution >= 4 is 16.6 Å². The van der Waals surface area contributed by atoms with Gasteiger partial charge in [0.2, 0.25) is 0 Å². The fourth-order valence-corrected chi connectivity index (χ4v) is 5.63. The van der Waals surface area contributed by atoms with Crippen LogP contribution in [-0.4, -0.2) is 34.9 Å². The summed E-state index contributed by atoms with van der Waals surface area (Å²) in [5, 5.41) is 0.343. The Morgan fingerprint density at radius 1 is 0.931 bits per heavy atom. The van der Waals surface area contributed by atoms with Crippen LogP contribution in [0.25, 0.3) is 0 Å². The monoisotopic (exact) mass is 436 g/mol. The van der Waals surface area contributed by atoms with Gasteiger partial charge >= 0.3 is 0 Å². The van der Waals surface area contributed by atoms with Crippen molar-refractivity contribution in [2.75, 3.05) is 6.61 Å². The van der Waals surface area contributed by atoms with E-state index >= 15 is 0 Å². The second-order valence-electron chi connectivity index (χ2n) is 12.0. The smallest absolute Gasteiger partial charge is 0.192 e. The number of benzene rings is 1. The molecule has 0 radical (unpaired) electrons. The van der Waals surface area contributed by atoms with Crippen molar-refractivity contribution in [3.63, 3.8) is 0 Å². The first kappa shape index (κ1) is 24.8. The molecule has 1 aliphatic rings. The fourth-order valence-electron chi connectivity index (χ4n) is 3.14. The van der Waals surface area contributed by atoms with Gasteiger partial charge in [0, 0.05) is 6.42 Å². The summed E-state index contributed by atoms with van der Waals surface area (Å²) in [6.07, 6.45) is 0.978. The molecule has 0 N–H and O–H groups in total. The molecule has 2 rings (SSSR count). The first-order valence-corrected chi connectivity index (χ1v) is 16.8. The van der Waals surface area contributed by atoms with Crippen LogP contribution < -0.4 is 0 Å². The minimum absolute atomic E-state index is 0.0402. The van der Waals surface area contributed by atoms with Crippen LogP contribution in [0.5, 0.6) is 0 Å². The lowest BCUT2D eigenvalue weighted by molar-refractivity contribution is -0.0929. The number of rotatable bonds is 6. The Bertz CT molecular complexity index is 674. The average Bonchev–Trinajstić information content (AvgIpc) is 2.89. The Morgan fingerprint density at radius 2 is 1.45 bits per heavy atom. The van der Waals surface area contributed by atoms with E-state index in [-0.39, 0.29) is 22.3 Å². The van der Waals surface area contributed by atoms with E-state index in [0.717, 1.165) is 6.42 Å². The molecule has 5 heteroatoms. The Labute approximate surface area is 181 Å². The Morgan fingerprint density at radius 3 is 1.93 bits per heavy atom. The first-order valence-electron chi connectivity index (χ1n) is 11.0. The van der Waals surface area contributed by atoms with E-state index in [1.165, 1.54) is 5.56 Å².